The number of carboxylic acids is 1. The van der Waals surface area contributed by atoms with Gasteiger partial charge >= 0.3 is 5.97 Å². The van der Waals surface area contributed by atoms with Crippen molar-refractivity contribution >= 4 is 11.9 Å². The van der Waals surface area contributed by atoms with Gasteiger partial charge in [-0.05, 0) is 12.1 Å². The SMILES string of the molecule is COc1ccc(C(=O)N2CC(O)C[C@H]2C(=O)O)c(OC)c1. The van der Waals surface area contributed by atoms with Gasteiger partial charge in [0.25, 0.3) is 5.91 Å². The van der Waals surface area contributed by atoms with Gasteiger partial charge in [-0.15, -0.1) is 0 Å². The van der Waals surface area contributed by atoms with E-state index in [1.54, 1.807) is 12.1 Å². The van der Waals surface area contributed by atoms with E-state index in [1.807, 2.05) is 0 Å². The molecule has 7 nitrogen and oxygen atoms in total. The molecule has 0 aromatic heterocycles. The Hall–Kier alpha value is -2.28. The average molecular weight is 295 g/mol. The Morgan fingerprint density at radius 2 is 2.00 bits per heavy atom. The maximum atomic E-state index is 12.5. The van der Waals surface area contributed by atoms with Crippen molar-refractivity contribution in [1.29, 1.82) is 0 Å². The zero-order valence-electron chi connectivity index (χ0n) is 11.8. The topological polar surface area (TPSA) is 96.3 Å². The molecule has 1 aromatic carbocycles. The van der Waals surface area contributed by atoms with Crippen LogP contribution in [0.5, 0.6) is 11.5 Å². The van der Waals surface area contributed by atoms with Crippen LogP contribution in [0.2, 0.25) is 0 Å². The molecular weight excluding hydrogens is 278 g/mol. The van der Waals surface area contributed by atoms with E-state index in [1.165, 1.54) is 20.3 Å². The van der Waals surface area contributed by atoms with Gasteiger partial charge in [0.2, 0.25) is 0 Å². The van der Waals surface area contributed by atoms with Gasteiger partial charge in [-0.1, -0.05) is 0 Å². The van der Waals surface area contributed by atoms with Crippen molar-refractivity contribution in [2.75, 3.05) is 20.8 Å². The summed E-state index contributed by atoms with van der Waals surface area (Å²) in [6, 6.07) is 3.64. The fourth-order valence-corrected chi connectivity index (χ4v) is 2.40. The smallest absolute Gasteiger partial charge is 0.326 e. The summed E-state index contributed by atoms with van der Waals surface area (Å²) in [6.45, 7) is -0.00894. The number of nitrogens with zero attached hydrogens (tertiary/aromatic N) is 1. The Kier molecular flexibility index (Phi) is 4.32. The molecule has 1 fully saturated rings. The van der Waals surface area contributed by atoms with E-state index in [2.05, 4.69) is 0 Å². The lowest BCUT2D eigenvalue weighted by Crippen LogP contribution is -2.40. The third-order valence-electron chi connectivity index (χ3n) is 3.46. The second-order valence-corrected chi connectivity index (χ2v) is 4.77. The first-order valence-electron chi connectivity index (χ1n) is 6.41. The molecule has 1 amide bonds. The molecule has 0 aliphatic carbocycles. The molecule has 1 saturated heterocycles. The average Bonchev–Trinajstić information content (AvgIpc) is 2.88. The minimum atomic E-state index is -1.13. The quantitative estimate of drug-likeness (QED) is 0.833. The molecule has 7 heteroatoms. The predicted octanol–water partition coefficient (Wildman–Crippen LogP) is 0.364. The molecular formula is C14H17NO6. The number of amides is 1. The van der Waals surface area contributed by atoms with Gasteiger partial charge in [0.1, 0.15) is 17.5 Å². The molecule has 1 aliphatic rings. The van der Waals surface area contributed by atoms with Crippen LogP contribution in [0.1, 0.15) is 16.8 Å². The van der Waals surface area contributed by atoms with Crippen molar-refractivity contribution in [3.63, 3.8) is 0 Å². The number of hydrogen-bond donors (Lipinski definition) is 2. The van der Waals surface area contributed by atoms with Crippen LogP contribution in [0.3, 0.4) is 0 Å². The van der Waals surface area contributed by atoms with Crippen LogP contribution in [-0.2, 0) is 4.79 Å². The van der Waals surface area contributed by atoms with Gasteiger partial charge in [-0.25, -0.2) is 4.79 Å². The number of aliphatic hydroxyl groups excluding tert-OH is 1. The van der Waals surface area contributed by atoms with Gasteiger partial charge in [0.15, 0.2) is 0 Å². The monoisotopic (exact) mass is 295 g/mol. The first kappa shape index (κ1) is 15.1. The molecule has 114 valence electrons. The van der Waals surface area contributed by atoms with Crippen LogP contribution in [0.25, 0.3) is 0 Å². The Labute approximate surface area is 121 Å². The highest BCUT2D eigenvalue weighted by molar-refractivity contribution is 5.99. The molecule has 21 heavy (non-hydrogen) atoms. The minimum Gasteiger partial charge on any atom is -0.497 e. The second kappa shape index (κ2) is 6.01. The van der Waals surface area contributed by atoms with Crippen LogP contribution in [0, 0.1) is 0 Å². The van der Waals surface area contributed by atoms with Crippen molar-refractivity contribution in [2.24, 2.45) is 0 Å². The van der Waals surface area contributed by atoms with Crippen molar-refractivity contribution in [1.82, 2.24) is 4.90 Å². The zero-order chi connectivity index (χ0) is 15.6. The van der Waals surface area contributed by atoms with Gasteiger partial charge in [-0.3, -0.25) is 4.79 Å². The van der Waals surface area contributed by atoms with Crippen LogP contribution >= 0.6 is 0 Å². The highest BCUT2D eigenvalue weighted by Crippen LogP contribution is 2.28. The van der Waals surface area contributed by atoms with E-state index in [9.17, 15) is 14.7 Å². The maximum absolute atomic E-state index is 12.5. The second-order valence-electron chi connectivity index (χ2n) is 4.77. The normalized spacial score (nSPS) is 21.2. The molecule has 2 N–H and O–H groups in total. The number of carbonyl (C=O) groups excluding carboxylic acids is 1. The van der Waals surface area contributed by atoms with Gasteiger partial charge in [0.05, 0.1) is 25.9 Å². The third kappa shape index (κ3) is 2.92. The molecule has 0 radical (unpaired) electrons. The summed E-state index contributed by atoms with van der Waals surface area (Å²) in [5.41, 5.74) is 0.235. The summed E-state index contributed by atoms with van der Waals surface area (Å²) in [7, 11) is 2.91. The van der Waals surface area contributed by atoms with Crippen molar-refractivity contribution in [3.05, 3.63) is 23.8 Å². The molecule has 0 saturated carbocycles. The van der Waals surface area contributed by atoms with Crippen LogP contribution in [0.4, 0.5) is 0 Å². The molecule has 1 unspecified atom stereocenters. The largest absolute Gasteiger partial charge is 0.497 e. The van der Waals surface area contributed by atoms with Gasteiger partial charge in [0, 0.05) is 19.0 Å². The van der Waals surface area contributed by atoms with Gasteiger partial charge in [-0.2, -0.15) is 0 Å². The van der Waals surface area contributed by atoms with Crippen molar-refractivity contribution in [3.8, 4) is 11.5 Å². The Balaban J connectivity index is 2.33. The highest BCUT2D eigenvalue weighted by Gasteiger charge is 2.39. The van der Waals surface area contributed by atoms with Crippen LogP contribution < -0.4 is 9.47 Å². The molecule has 1 heterocycles. The highest BCUT2D eigenvalue weighted by atomic mass is 16.5. The predicted molar refractivity (Wildman–Crippen MR) is 72.6 cm³/mol. The summed E-state index contributed by atoms with van der Waals surface area (Å²) < 4.78 is 10.2. The number of likely N-dealkylation sites (tertiary alicyclic amines) is 1. The van der Waals surface area contributed by atoms with E-state index >= 15 is 0 Å². The number of β-amino-alcohol motifs (C(OH)–C–C–N with tert-alkyl or cyclic N) is 1. The summed E-state index contributed by atoms with van der Waals surface area (Å²) in [6.07, 6.45) is -0.807. The lowest BCUT2D eigenvalue weighted by Gasteiger charge is -2.22. The molecule has 2 atom stereocenters. The summed E-state index contributed by atoms with van der Waals surface area (Å²) >= 11 is 0. The first-order valence-corrected chi connectivity index (χ1v) is 6.41. The molecule has 0 spiro atoms. The fraction of sp³-hybridized carbons (Fsp3) is 0.429. The number of rotatable bonds is 4. The number of hydrogen-bond acceptors (Lipinski definition) is 5. The number of carbonyl (C=O) groups is 2. The molecule has 2 rings (SSSR count). The minimum absolute atomic E-state index is 0.00894. The van der Waals surface area contributed by atoms with Crippen LogP contribution in [-0.4, -0.2) is 59.9 Å². The van der Waals surface area contributed by atoms with Crippen LogP contribution in [0.15, 0.2) is 18.2 Å². The summed E-state index contributed by atoms with van der Waals surface area (Å²) in [5.74, 6) is -0.796. The fourth-order valence-electron chi connectivity index (χ4n) is 2.40. The first-order chi connectivity index (χ1) is 9.97. The summed E-state index contributed by atoms with van der Waals surface area (Å²) in [5, 5.41) is 18.8. The molecule has 1 aliphatic heterocycles. The van der Waals surface area contributed by atoms with Gasteiger partial charge < -0.3 is 24.6 Å². The number of aliphatic carboxylic acids is 1. The number of benzene rings is 1. The zero-order valence-corrected chi connectivity index (χ0v) is 11.8. The van der Waals surface area contributed by atoms with E-state index in [4.69, 9.17) is 14.6 Å². The Morgan fingerprint density at radius 3 is 2.57 bits per heavy atom. The Morgan fingerprint density at radius 1 is 1.29 bits per heavy atom. The summed E-state index contributed by atoms with van der Waals surface area (Å²) in [4.78, 5) is 24.9. The number of ether oxygens (including phenoxy) is 2. The lowest BCUT2D eigenvalue weighted by molar-refractivity contribution is -0.141. The number of aliphatic hydroxyl groups is 1. The Bertz CT molecular complexity index is 558. The maximum Gasteiger partial charge on any atom is 0.326 e. The number of methoxy groups -OCH3 is 2. The lowest BCUT2D eigenvalue weighted by atomic mass is 10.1. The van der Waals surface area contributed by atoms with E-state index < -0.39 is 24.0 Å². The van der Waals surface area contributed by atoms with E-state index in [-0.39, 0.29) is 18.5 Å². The molecule has 0 bridgehead atoms. The van der Waals surface area contributed by atoms with E-state index in [0.29, 0.717) is 11.5 Å². The van der Waals surface area contributed by atoms with E-state index in [0.717, 1.165) is 4.90 Å². The van der Waals surface area contributed by atoms with Crippen molar-refractivity contribution in [2.45, 2.75) is 18.6 Å². The standard InChI is InChI=1S/C14H17NO6/c1-20-9-3-4-10(12(6-9)21-2)13(17)15-7-8(16)5-11(15)14(18)19/h3-4,6,8,11,16H,5,7H2,1-2H3,(H,18,19)/t8?,11-/m0/s1. The van der Waals surface area contributed by atoms with Crippen molar-refractivity contribution < 1.29 is 29.3 Å². The molecule has 1 aromatic rings. The number of carboxylic acid groups (broad SMARTS) is 1. The third-order valence-corrected chi connectivity index (χ3v) is 3.46.